The SMILES string of the molecule is O=C(c1ccncc1)N1CCN(c2cc(-n3ccnc3)ncn2)CC1. The topological polar surface area (TPSA) is 80.0 Å². The van der Waals surface area contributed by atoms with E-state index >= 15 is 0 Å². The summed E-state index contributed by atoms with van der Waals surface area (Å²) in [6, 6.07) is 5.43. The van der Waals surface area contributed by atoms with Gasteiger partial charge in [0.1, 0.15) is 24.3 Å². The molecule has 3 aromatic heterocycles. The largest absolute Gasteiger partial charge is 0.353 e. The second-order valence-electron chi connectivity index (χ2n) is 5.72. The first-order valence-electron chi connectivity index (χ1n) is 8.06. The van der Waals surface area contributed by atoms with Gasteiger partial charge in [-0.2, -0.15) is 0 Å². The van der Waals surface area contributed by atoms with Crippen LogP contribution < -0.4 is 4.90 Å². The van der Waals surface area contributed by atoms with Crippen molar-refractivity contribution in [3.8, 4) is 5.82 Å². The standard InChI is InChI=1S/C17H17N7O/c25-17(14-1-3-18-4-2-14)23-9-7-22(8-10-23)15-11-16(21-12-20-15)24-6-5-19-13-24/h1-6,11-13H,7-10H2. The second kappa shape index (κ2) is 6.68. The predicted octanol–water partition coefficient (Wildman–Crippen LogP) is 1.02. The van der Waals surface area contributed by atoms with Gasteiger partial charge in [0.2, 0.25) is 0 Å². The minimum absolute atomic E-state index is 0.0452. The average molecular weight is 335 g/mol. The smallest absolute Gasteiger partial charge is 0.254 e. The van der Waals surface area contributed by atoms with Crippen LogP contribution in [0.25, 0.3) is 5.82 Å². The summed E-state index contributed by atoms with van der Waals surface area (Å²) in [5.41, 5.74) is 0.674. The summed E-state index contributed by atoms with van der Waals surface area (Å²) in [7, 11) is 0. The Morgan fingerprint density at radius 1 is 0.920 bits per heavy atom. The lowest BCUT2D eigenvalue weighted by molar-refractivity contribution is 0.0746. The van der Waals surface area contributed by atoms with E-state index in [9.17, 15) is 4.79 Å². The lowest BCUT2D eigenvalue weighted by Crippen LogP contribution is -2.49. The van der Waals surface area contributed by atoms with Crippen LogP contribution in [0, 0.1) is 0 Å². The Morgan fingerprint density at radius 2 is 1.68 bits per heavy atom. The molecule has 0 aromatic carbocycles. The van der Waals surface area contributed by atoms with Crippen LogP contribution in [0.15, 0.2) is 55.6 Å². The molecule has 4 rings (SSSR count). The van der Waals surface area contributed by atoms with Crippen molar-refractivity contribution in [2.45, 2.75) is 0 Å². The highest BCUT2D eigenvalue weighted by atomic mass is 16.2. The average Bonchev–Trinajstić information content (AvgIpc) is 3.23. The molecule has 25 heavy (non-hydrogen) atoms. The molecule has 3 aromatic rings. The summed E-state index contributed by atoms with van der Waals surface area (Å²) >= 11 is 0. The Bertz CT molecular complexity index is 842. The zero-order valence-electron chi connectivity index (χ0n) is 13.6. The lowest BCUT2D eigenvalue weighted by atomic mass is 10.2. The maximum absolute atomic E-state index is 12.5. The summed E-state index contributed by atoms with van der Waals surface area (Å²) in [6.07, 6.45) is 10.1. The Kier molecular flexibility index (Phi) is 4.07. The van der Waals surface area contributed by atoms with E-state index in [2.05, 4.69) is 24.8 Å². The van der Waals surface area contributed by atoms with Gasteiger partial charge in [-0.05, 0) is 12.1 Å². The third kappa shape index (κ3) is 3.18. The molecule has 0 radical (unpaired) electrons. The van der Waals surface area contributed by atoms with Crippen LogP contribution in [0.3, 0.4) is 0 Å². The monoisotopic (exact) mass is 335 g/mol. The molecule has 1 amide bonds. The number of carbonyl (C=O) groups is 1. The van der Waals surface area contributed by atoms with Crippen molar-refractivity contribution < 1.29 is 4.79 Å². The number of anilines is 1. The molecule has 0 saturated carbocycles. The molecule has 8 heteroatoms. The number of nitrogens with zero attached hydrogens (tertiary/aromatic N) is 7. The van der Waals surface area contributed by atoms with Crippen LogP contribution in [0.1, 0.15) is 10.4 Å². The van der Waals surface area contributed by atoms with Gasteiger partial charge in [0.15, 0.2) is 0 Å². The number of hydrogen-bond donors (Lipinski definition) is 0. The van der Waals surface area contributed by atoms with Crippen molar-refractivity contribution in [1.29, 1.82) is 0 Å². The highest BCUT2D eigenvalue weighted by Crippen LogP contribution is 2.17. The molecule has 126 valence electrons. The summed E-state index contributed by atoms with van der Waals surface area (Å²) in [6.45, 7) is 2.78. The molecule has 0 spiro atoms. The van der Waals surface area contributed by atoms with Gasteiger partial charge in [-0.3, -0.25) is 14.3 Å². The van der Waals surface area contributed by atoms with E-state index in [0.717, 1.165) is 24.7 Å². The number of hydrogen-bond acceptors (Lipinski definition) is 6. The quantitative estimate of drug-likeness (QED) is 0.711. The van der Waals surface area contributed by atoms with Crippen molar-refractivity contribution in [3.05, 3.63) is 61.2 Å². The molecule has 4 heterocycles. The zero-order valence-corrected chi connectivity index (χ0v) is 13.6. The Labute approximate surface area is 144 Å². The van der Waals surface area contributed by atoms with E-state index in [1.54, 1.807) is 43.4 Å². The van der Waals surface area contributed by atoms with Crippen molar-refractivity contribution >= 4 is 11.7 Å². The number of carbonyl (C=O) groups excluding carboxylic acids is 1. The van der Waals surface area contributed by atoms with E-state index in [1.165, 1.54) is 0 Å². The number of imidazole rings is 1. The maximum atomic E-state index is 12.5. The second-order valence-corrected chi connectivity index (χ2v) is 5.72. The summed E-state index contributed by atoms with van der Waals surface area (Å²) in [4.78, 5) is 33.2. The molecule has 1 aliphatic heterocycles. The number of piperazine rings is 1. The maximum Gasteiger partial charge on any atom is 0.254 e. The first-order chi connectivity index (χ1) is 12.3. The van der Waals surface area contributed by atoms with Gasteiger partial charge in [-0.1, -0.05) is 0 Å². The van der Waals surface area contributed by atoms with Crippen LogP contribution >= 0.6 is 0 Å². The highest BCUT2D eigenvalue weighted by Gasteiger charge is 2.23. The third-order valence-corrected chi connectivity index (χ3v) is 4.23. The van der Waals surface area contributed by atoms with Gasteiger partial charge in [0.25, 0.3) is 5.91 Å². The zero-order chi connectivity index (χ0) is 17.1. The van der Waals surface area contributed by atoms with Crippen molar-refractivity contribution in [1.82, 2.24) is 29.4 Å². The first-order valence-corrected chi connectivity index (χ1v) is 8.06. The van der Waals surface area contributed by atoms with Crippen molar-refractivity contribution in [2.24, 2.45) is 0 Å². The summed E-state index contributed by atoms with van der Waals surface area (Å²) in [5, 5.41) is 0. The fraction of sp³-hybridized carbons (Fsp3) is 0.235. The van der Waals surface area contributed by atoms with Gasteiger partial charge in [0, 0.05) is 62.6 Å². The van der Waals surface area contributed by atoms with Crippen LogP contribution in [0.4, 0.5) is 5.82 Å². The van der Waals surface area contributed by atoms with Crippen LogP contribution in [0.2, 0.25) is 0 Å². The molecule has 1 saturated heterocycles. The normalized spacial score (nSPS) is 14.6. The van der Waals surface area contributed by atoms with Gasteiger partial charge >= 0.3 is 0 Å². The number of amides is 1. The van der Waals surface area contributed by atoms with Crippen molar-refractivity contribution in [2.75, 3.05) is 31.1 Å². The third-order valence-electron chi connectivity index (χ3n) is 4.23. The molecule has 0 bridgehead atoms. The molecule has 0 N–H and O–H groups in total. The van der Waals surface area contributed by atoms with E-state index in [0.29, 0.717) is 18.7 Å². The molecule has 8 nitrogen and oxygen atoms in total. The highest BCUT2D eigenvalue weighted by molar-refractivity contribution is 5.94. The molecule has 1 fully saturated rings. The molecular weight excluding hydrogens is 318 g/mol. The van der Waals surface area contributed by atoms with Gasteiger partial charge in [0.05, 0.1) is 0 Å². The van der Waals surface area contributed by atoms with E-state index in [4.69, 9.17) is 0 Å². The number of aromatic nitrogens is 5. The molecular formula is C17H17N7O. The molecule has 0 atom stereocenters. The predicted molar refractivity (Wildman–Crippen MR) is 91.5 cm³/mol. The van der Waals surface area contributed by atoms with Crippen LogP contribution in [-0.4, -0.2) is 61.5 Å². The number of rotatable bonds is 3. The summed E-state index contributed by atoms with van der Waals surface area (Å²) < 4.78 is 1.84. The van der Waals surface area contributed by atoms with Gasteiger partial charge in [-0.15, -0.1) is 0 Å². The van der Waals surface area contributed by atoms with E-state index in [-0.39, 0.29) is 5.91 Å². The molecule has 1 aliphatic rings. The fourth-order valence-corrected chi connectivity index (χ4v) is 2.86. The Hall–Kier alpha value is -3.29. The van der Waals surface area contributed by atoms with Crippen LogP contribution in [-0.2, 0) is 0 Å². The fourth-order valence-electron chi connectivity index (χ4n) is 2.86. The Morgan fingerprint density at radius 3 is 2.40 bits per heavy atom. The van der Waals surface area contributed by atoms with Crippen molar-refractivity contribution in [3.63, 3.8) is 0 Å². The molecule has 0 unspecified atom stereocenters. The van der Waals surface area contributed by atoms with Gasteiger partial charge in [-0.25, -0.2) is 15.0 Å². The lowest BCUT2D eigenvalue weighted by Gasteiger charge is -2.35. The minimum Gasteiger partial charge on any atom is -0.353 e. The van der Waals surface area contributed by atoms with Crippen LogP contribution in [0.5, 0.6) is 0 Å². The minimum atomic E-state index is 0.0452. The first kappa shape index (κ1) is 15.3. The van der Waals surface area contributed by atoms with E-state index in [1.807, 2.05) is 21.7 Å². The van der Waals surface area contributed by atoms with Gasteiger partial charge < -0.3 is 9.80 Å². The van der Waals surface area contributed by atoms with E-state index < -0.39 is 0 Å². The molecule has 0 aliphatic carbocycles. The number of pyridine rings is 1. The summed E-state index contributed by atoms with van der Waals surface area (Å²) in [5.74, 6) is 1.68. The Balaban J connectivity index is 1.44.